The Bertz CT molecular complexity index is 594. The first-order chi connectivity index (χ1) is 10.0. The first-order valence-corrected chi connectivity index (χ1v) is 7.16. The van der Waals surface area contributed by atoms with Crippen molar-refractivity contribution < 1.29 is 14.3 Å². The summed E-state index contributed by atoms with van der Waals surface area (Å²) in [6.45, 7) is 1.97. The minimum absolute atomic E-state index is 0.230. The minimum Gasteiger partial charge on any atom is -0.493 e. The Labute approximate surface area is 133 Å². The topological polar surface area (TPSA) is 35.5 Å². The van der Waals surface area contributed by atoms with Crippen LogP contribution < -0.4 is 9.47 Å². The molecule has 21 heavy (non-hydrogen) atoms. The van der Waals surface area contributed by atoms with Gasteiger partial charge in [0, 0.05) is 10.0 Å². The smallest absolute Gasteiger partial charge is 0.317 e. The summed E-state index contributed by atoms with van der Waals surface area (Å²) in [5, 5.41) is 1.23. The zero-order valence-corrected chi connectivity index (χ0v) is 12.9. The Hall–Kier alpha value is -1.71. The Balaban J connectivity index is 1.84. The molecule has 0 fully saturated rings. The monoisotopic (exact) mass is 324 g/mol. The second-order valence-corrected chi connectivity index (χ2v) is 5.41. The van der Waals surface area contributed by atoms with E-state index >= 15 is 0 Å². The molecule has 0 heterocycles. The number of esters is 1. The van der Waals surface area contributed by atoms with E-state index in [4.69, 9.17) is 32.7 Å². The molecular weight excluding hydrogens is 311 g/mol. The zero-order valence-electron chi connectivity index (χ0n) is 11.4. The predicted octanol–water partition coefficient (Wildman–Crippen LogP) is 4.61. The van der Waals surface area contributed by atoms with Crippen molar-refractivity contribution in [1.82, 2.24) is 0 Å². The quantitative estimate of drug-likeness (QED) is 0.595. The van der Waals surface area contributed by atoms with Gasteiger partial charge in [-0.2, -0.15) is 0 Å². The van der Waals surface area contributed by atoms with E-state index < -0.39 is 5.92 Å². The number of ether oxygens (including phenoxy) is 2. The summed E-state index contributed by atoms with van der Waals surface area (Å²) >= 11 is 11.6. The summed E-state index contributed by atoms with van der Waals surface area (Å²) in [5.74, 6) is 0.371. The summed E-state index contributed by atoms with van der Waals surface area (Å²) < 4.78 is 10.8. The summed E-state index contributed by atoms with van der Waals surface area (Å²) in [6, 6.07) is 13.6. The van der Waals surface area contributed by atoms with Gasteiger partial charge in [0.1, 0.15) is 18.1 Å². The molecule has 0 aliphatic rings. The maximum Gasteiger partial charge on any atom is 0.317 e. The van der Waals surface area contributed by atoms with Crippen LogP contribution in [0.4, 0.5) is 0 Å². The molecule has 2 rings (SSSR count). The number of hydrogen-bond donors (Lipinski definition) is 0. The minimum atomic E-state index is -0.392. The maximum absolute atomic E-state index is 11.9. The van der Waals surface area contributed by atoms with Gasteiger partial charge in [-0.25, -0.2) is 0 Å². The Kier molecular flexibility index (Phi) is 5.48. The van der Waals surface area contributed by atoms with Gasteiger partial charge in [-0.05, 0) is 55.5 Å². The first-order valence-electron chi connectivity index (χ1n) is 6.40. The van der Waals surface area contributed by atoms with Crippen molar-refractivity contribution in [3.63, 3.8) is 0 Å². The van der Waals surface area contributed by atoms with Crippen molar-refractivity contribution in [3.05, 3.63) is 58.6 Å². The van der Waals surface area contributed by atoms with Gasteiger partial charge in [-0.1, -0.05) is 23.2 Å². The molecule has 0 saturated heterocycles. The summed E-state index contributed by atoms with van der Waals surface area (Å²) in [4.78, 5) is 11.9. The number of hydrogen-bond acceptors (Lipinski definition) is 3. The molecule has 0 bridgehead atoms. The van der Waals surface area contributed by atoms with Crippen LogP contribution in [0.25, 0.3) is 0 Å². The molecule has 1 unspecified atom stereocenters. The third-order valence-corrected chi connectivity index (χ3v) is 3.25. The SMILES string of the molecule is CC(COc1ccc(Cl)cc1)C(=O)Oc1ccc(Cl)cc1. The lowest BCUT2D eigenvalue weighted by Gasteiger charge is -2.12. The van der Waals surface area contributed by atoms with Crippen LogP contribution >= 0.6 is 23.2 Å². The van der Waals surface area contributed by atoms with Gasteiger partial charge >= 0.3 is 5.97 Å². The van der Waals surface area contributed by atoms with Crippen molar-refractivity contribution in [2.24, 2.45) is 5.92 Å². The van der Waals surface area contributed by atoms with Crippen LogP contribution in [-0.4, -0.2) is 12.6 Å². The number of halogens is 2. The van der Waals surface area contributed by atoms with Gasteiger partial charge in [0.05, 0.1) is 5.92 Å². The van der Waals surface area contributed by atoms with E-state index in [0.29, 0.717) is 21.5 Å². The highest BCUT2D eigenvalue weighted by atomic mass is 35.5. The molecule has 0 aliphatic heterocycles. The second kappa shape index (κ2) is 7.34. The van der Waals surface area contributed by atoms with Crippen molar-refractivity contribution in [1.29, 1.82) is 0 Å². The average molecular weight is 325 g/mol. The van der Waals surface area contributed by atoms with Crippen LogP contribution in [0.1, 0.15) is 6.92 Å². The molecule has 0 radical (unpaired) electrons. The molecule has 5 heteroatoms. The summed E-state index contributed by atoms with van der Waals surface area (Å²) in [7, 11) is 0. The molecule has 2 aromatic carbocycles. The Morgan fingerprint density at radius 3 is 1.95 bits per heavy atom. The van der Waals surface area contributed by atoms with Gasteiger partial charge in [-0.15, -0.1) is 0 Å². The van der Waals surface area contributed by atoms with E-state index in [-0.39, 0.29) is 12.6 Å². The van der Waals surface area contributed by atoms with E-state index in [2.05, 4.69) is 0 Å². The third kappa shape index (κ3) is 4.96. The number of carbonyl (C=O) groups excluding carboxylic acids is 1. The molecule has 0 aromatic heterocycles. The highest BCUT2D eigenvalue weighted by molar-refractivity contribution is 6.30. The van der Waals surface area contributed by atoms with E-state index in [1.54, 1.807) is 55.5 Å². The molecule has 0 spiro atoms. The van der Waals surface area contributed by atoms with E-state index in [1.165, 1.54) is 0 Å². The fraction of sp³-hybridized carbons (Fsp3) is 0.188. The van der Waals surface area contributed by atoms with Crippen molar-refractivity contribution in [2.75, 3.05) is 6.61 Å². The van der Waals surface area contributed by atoms with Crippen molar-refractivity contribution in [3.8, 4) is 11.5 Å². The molecule has 0 saturated carbocycles. The molecule has 0 amide bonds. The van der Waals surface area contributed by atoms with Gasteiger partial charge < -0.3 is 9.47 Å². The zero-order chi connectivity index (χ0) is 15.2. The number of rotatable bonds is 5. The standard InChI is InChI=1S/C16H14Cl2O3/c1-11(10-20-14-6-2-12(17)3-7-14)16(19)21-15-8-4-13(18)5-9-15/h2-9,11H,10H2,1H3. The first kappa shape index (κ1) is 15.7. The van der Waals surface area contributed by atoms with Crippen LogP contribution in [0.3, 0.4) is 0 Å². The van der Waals surface area contributed by atoms with Crippen LogP contribution in [0, 0.1) is 5.92 Å². The lowest BCUT2D eigenvalue weighted by molar-refractivity contribution is -0.139. The second-order valence-electron chi connectivity index (χ2n) is 4.54. The normalized spacial score (nSPS) is 11.8. The van der Waals surface area contributed by atoms with Gasteiger partial charge in [-0.3, -0.25) is 4.79 Å². The van der Waals surface area contributed by atoms with E-state index in [0.717, 1.165) is 0 Å². The molecule has 0 aliphatic carbocycles. The van der Waals surface area contributed by atoms with Gasteiger partial charge in [0.25, 0.3) is 0 Å². The highest BCUT2D eigenvalue weighted by Crippen LogP contribution is 2.18. The van der Waals surface area contributed by atoms with Crippen LogP contribution in [0.5, 0.6) is 11.5 Å². The largest absolute Gasteiger partial charge is 0.493 e. The van der Waals surface area contributed by atoms with E-state index in [9.17, 15) is 4.79 Å². The lowest BCUT2D eigenvalue weighted by atomic mass is 10.2. The van der Waals surface area contributed by atoms with Crippen LogP contribution in [0.2, 0.25) is 10.0 Å². The summed E-state index contributed by atoms with van der Waals surface area (Å²) in [5.41, 5.74) is 0. The molecule has 0 N–H and O–H groups in total. The maximum atomic E-state index is 11.9. The predicted molar refractivity (Wildman–Crippen MR) is 83.2 cm³/mol. The third-order valence-electron chi connectivity index (χ3n) is 2.75. The van der Waals surface area contributed by atoms with Crippen molar-refractivity contribution >= 4 is 29.2 Å². The Morgan fingerprint density at radius 1 is 0.952 bits per heavy atom. The average Bonchev–Trinajstić information content (AvgIpc) is 2.48. The Morgan fingerprint density at radius 2 is 1.43 bits per heavy atom. The van der Waals surface area contributed by atoms with Crippen molar-refractivity contribution in [2.45, 2.75) is 6.92 Å². The fourth-order valence-corrected chi connectivity index (χ4v) is 1.79. The molecule has 2 aromatic rings. The van der Waals surface area contributed by atoms with Gasteiger partial charge in [0.15, 0.2) is 0 Å². The van der Waals surface area contributed by atoms with E-state index in [1.807, 2.05) is 0 Å². The number of benzene rings is 2. The van der Waals surface area contributed by atoms with Crippen LogP contribution in [0.15, 0.2) is 48.5 Å². The summed E-state index contributed by atoms with van der Waals surface area (Å²) in [6.07, 6.45) is 0. The fourth-order valence-electron chi connectivity index (χ4n) is 1.54. The highest BCUT2D eigenvalue weighted by Gasteiger charge is 2.16. The number of carbonyl (C=O) groups is 1. The molecule has 3 nitrogen and oxygen atoms in total. The van der Waals surface area contributed by atoms with Gasteiger partial charge in [0.2, 0.25) is 0 Å². The molecule has 1 atom stereocenters. The van der Waals surface area contributed by atoms with Crippen LogP contribution in [-0.2, 0) is 4.79 Å². The molecule has 110 valence electrons. The molecular formula is C16H14Cl2O3. The lowest BCUT2D eigenvalue weighted by Crippen LogP contribution is -2.23.